The summed E-state index contributed by atoms with van der Waals surface area (Å²) in [5.74, 6) is -4.17. The topological polar surface area (TPSA) is 129 Å². The van der Waals surface area contributed by atoms with Gasteiger partial charge in [-0.15, -0.1) is 0 Å². The Kier molecular flexibility index (Phi) is 6.60. The molecule has 1 saturated heterocycles. The van der Waals surface area contributed by atoms with E-state index in [1.807, 2.05) is 6.92 Å². The molecular formula is C26H26F2N4O7. The second-order valence-electron chi connectivity index (χ2n) is 9.85. The molecule has 0 radical (unpaired) electrons. The highest BCUT2D eigenvalue weighted by Crippen LogP contribution is 2.46. The van der Waals surface area contributed by atoms with Crippen molar-refractivity contribution in [1.82, 2.24) is 14.8 Å². The molecule has 13 heteroatoms. The van der Waals surface area contributed by atoms with Crippen molar-refractivity contribution in [2.24, 2.45) is 5.16 Å². The van der Waals surface area contributed by atoms with Crippen molar-refractivity contribution in [1.29, 1.82) is 0 Å². The molecule has 0 saturated carbocycles. The summed E-state index contributed by atoms with van der Waals surface area (Å²) in [6.45, 7) is 2.78. The molecule has 1 aromatic heterocycles. The van der Waals surface area contributed by atoms with Gasteiger partial charge in [-0.05, 0) is 25.8 Å². The lowest BCUT2D eigenvalue weighted by Crippen LogP contribution is -2.52. The van der Waals surface area contributed by atoms with E-state index in [-0.39, 0.29) is 36.8 Å². The van der Waals surface area contributed by atoms with Gasteiger partial charge >= 0.3 is 5.97 Å². The van der Waals surface area contributed by atoms with Gasteiger partial charge in [-0.2, -0.15) is 0 Å². The molecule has 5 rings (SSSR count). The number of fused-ring (bicyclic) bond motifs is 5. The van der Waals surface area contributed by atoms with Gasteiger partial charge in [0.15, 0.2) is 11.3 Å². The number of halogens is 2. The highest BCUT2D eigenvalue weighted by atomic mass is 19.1. The van der Waals surface area contributed by atoms with E-state index in [1.165, 1.54) is 23.9 Å². The van der Waals surface area contributed by atoms with Gasteiger partial charge in [-0.25, -0.2) is 8.78 Å². The van der Waals surface area contributed by atoms with E-state index < -0.39 is 57.8 Å². The van der Waals surface area contributed by atoms with E-state index in [2.05, 4.69) is 10.5 Å². The Morgan fingerprint density at radius 3 is 2.72 bits per heavy atom. The molecule has 1 spiro atoms. The number of carbonyl (C=O) groups is 3. The molecule has 3 aliphatic heterocycles. The second kappa shape index (κ2) is 9.79. The molecule has 206 valence electrons. The number of hydrogen-bond donors (Lipinski definition) is 1. The van der Waals surface area contributed by atoms with Crippen molar-refractivity contribution in [3.63, 3.8) is 0 Å². The van der Waals surface area contributed by atoms with Crippen molar-refractivity contribution in [2.45, 2.75) is 57.3 Å². The number of methoxy groups -OCH3 is 1. The highest BCUT2D eigenvalue weighted by Gasteiger charge is 2.55. The van der Waals surface area contributed by atoms with Crippen LogP contribution in [0.4, 0.5) is 8.78 Å². The average Bonchev–Trinajstić information content (AvgIpc) is 3.27. The third kappa shape index (κ3) is 4.51. The number of nitrogens with zero attached hydrogens (tertiary/aromatic N) is 3. The van der Waals surface area contributed by atoms with Crippen molar-refractivity contribution in [3.8, 4) is 5.75 Å². The van der Waals surface area contributed by atoms with Gasteiger partial charge in [0.25, 0.3) is 11.8 Å². The molecule has 11 nitrogen and oxygen atoms in total. The summed E-state index contributed by atoms with van der Waals surface area (Å²) in [4.78, 5) is 59.8. The number of amides is 2. The zero-order valence-corrected chi connectivity index (χ0v) is 21.5. The third-order valence-corrected chi connectivity index (χ3v) is 7.45. The van der Waals surface area contributed by atoms with Gasteiger partial charge in [0, 0.05) is 43.9 Å². The predicted molar refractivity (Wildman–Crippen MR) is 131 cm³/mol. The molecule has 1 aromatic carbocycles. The van der Waals surface area contributed by atoms with Crippen LogP contribution in [0.2, 0.25) is 0 Å². The summed E-state index contributed by atoms with van der Waals surface area (Å²) in [5.41, 5.74) is -2.57. The number of hydrogen-bond acceptors (Lipinski definition) is 8. The zero-order valence-electron chi connectivity index (χ0n) is 21.5. The molecule has 1 fully saturated rings. The number of nitrogens with one attached hydrogen (secondary N) is 1. The van der Waals surface area contributed by atoms with Crippen LogP contribution in [0, 0.1) is 11.6 Å². The van der Waals surface area contributed by atoms with Crippen molar-refractivity contribution < 1.29 is 37.5 Å². The summed E-state index contributed by atoms with van der Waals surface area (Å²) < 4.78 is 39.4. The van der Waals surface area contributed by atoms with Gasteiger partial charge in [-0.1, -0.05) is 11.2 Å². The maximum atomic E-state index is 14.1. The normalized spacial score (nSPS) is 23.5. The first-order valence-corrected chi connectivity index (χ1v) is 12.3. The summed E-state index contributed by atoms with van der Waals surface area (Å²) in [7, 11) is 1.47. The lowest BCUT2D eigenvalue weighted by atomic mass is 9.85. The number of pyridine rings is 1. The van der Waals surface area contributed by atoms with Crippen molar-refractivity contribution in [2.75, 3.05) is 13.7 Å². The molecule has 39 heavy (non-hydrogen) atoms. The van der Waals surface area contributed by atoms with Crippen LogP contribution in [0.1, 0.15) is 65.6 Å². The lowest BCUT2D eigenvalue weighted by molar-refractivity contribution is -0.132. The van der Waals surface area contributed by atoms with Gasteiger partial charge < -0.3 is 29.1 Å². The number of aromatic nitrogens is 1. The smallest absolute Gasteiger partial charge is 0.308 e. The van der Waals surface area contributed by atoms with Crippen LogP contribution >= 0.6 is 0 Å². The zero-order chi connectivity index (χ0) is 28.1. The molecule has 0 unspecified atom stereocenters. The Morgan fingerprint density at radius 1 is 1.28 bits per heavy atom. The first-order valence-electron chi connectivity index (χ1n) is 12.3. The number of esters is 1. The van der Waals surface area contributed by atoms with Gasteiger partial charge in [0.2, 0.25) is 17.1 Å². The number of ether oxygens (including phenoxy) is 2. The fourth-order valence-electron chi connectivity index (χ4n) is 5.35. The summed E-state index contributed by atoms with van der Waals surface area (Å²) in [6, 6.07) is 2.04. The largest absolute Gasteiger partial charge is 0.482 e. The first kappa shape index (κ1) is 26.3. The summed E-state index contributed by atoms with van der Waals surface area (Å²) >= 11 is 0. The third-order valence-electron chi connectivity index (χ3n) is 7.45. The quantitative estimate of drug-likeness (QED) is 0.585. The minimum absolute atomic E-state index is 0.00542. The van der Waals surface area contributed by atoms with Crippen LogP contribution in [0.3, 0.4) is 0 Å². The van der Waals surface area contributed by atoms with E-state index in [0.29, 0.717) is 24.8 Å². The maximum Gasteiger partial charge on any atom is 0.308 e. The Bertz CT molecular complexity index is 1470. The molecular weight excluding hydrogens is 518 g/mol. The molecule has 1 N–H and O–H groups in total. The monoisotopic (exact) mass is 544 g/mol. The van der Waals surface area contributed by atoms with Gasteiger partial charge in [-0.3, -0.25) is 19.2 Å². The maximum absolute atomic E-state index is 14.1. The molecule has 2 aromatic rings. The Morgan fingerprint density at radius 2 is 2.05 bits per heavy atom. The van der Waals surface area contributed by atoms with Crippen LogP contribution in [0.25, 0.3) is 0 Å². The van der Waals surface area contributed by atoms with Crippen molar-refractivity contribution in [3.05, 3.63) is 63.1 Å². The molecule has 3 aliphatic rings. The van der Waals surface area contributed by atoms with Gasteiger partial charge in [0.1, 0.15) is 17.2 Å². The molecule has 0 aliphatic carbocycles. The Balaban J connectivity index is 1.61. The summed E-state index contributed by atoms with van der Waals surface area (Å²) in [6.07, 6.45) is 2.56. The number of rotatable bonds is 4. The van der Waals surface area contributed by atoms with Crippen LogP contribution in [-0.4, -0.2) is 58.4 Å². The Labute approximate surface area is 221 Å². The minimum Gasteiger partial charge on any atom is -0.482 e. The van der Waals surface area contributed by atoms with Crippen LogP contribution in [0.15, 0.2) is 34.3 Å². The van der Waals surface area contributed by atoms with Crippen molar-refractivity contribution >= 4 is 23.7 Å². The highest BCUT2D eigenvalue weighted by molar-refractivity contribution is 6.00. The number of carbonyl (C=O) groups excluding carboxylic acids is 3. The first-order chi connectivity index (χ1) is 18.5. The van der Waals surface area contributed by atoms with E-state index in [1.54, 1.807) is 4.90 Å². The van der Waals surface area contributed by atoms with Crippen LogP contribution < -0.4 is 15.5 Å². The molecule has 3 atom stereocenters. The SMILES string of the molecule is COC1=NO[C@@]2(CC[C@H](C)N3C[C@H]2n2cc(C(=O)NCc4ccc(F)cc4F)c(=O)c(OC(C)=O)c2C3=O)C1. The number of benzene rings is 1. The number of oxime groups is 1. The molecule has 2 amide bonds. The van der Waals surface area contributed by atoms with Gasteiger partial charge in [0.05, 0.1) is 19.6 Å². The van der Waals surface area contributed by atoms with Crippen LogP contribution in [0.5, 0.6) is 5.75 Å². The average molecular weight is 545 g/mol. The minimum atomic E-state index is -0.982. The van der Waals surface area contributed by atoms with E-state index in [0.717, 1.165) is 13.0 Å². The van der Waals surface area contributed by atoms with E-state index in [4.69, 9.17) is 14.3 Å². The second-order valence-corrected chi connectivity index (χ2v) is 9.85. The fourth-order valence-corrected chi connectivity index (χ4v) is 5.35. The Hall–Kier alpha value is -4.29. The molecule has 2 bridgehead atoms. The fraction of sp³-hybridized carbons (Fsp3) is 0.423. The van der Waals surface area contributed by atoms with E-state index >= 15 is 0 Å². The summed E-state index contributed by atoms with van der Waals surface area (Å²) in [5, 5.41) is 6.49. The predicted octanol–water partition coefficient (Wildman–Crippen LogP) is 2.28. The molecule has 4 heterocycles. The standard InChI is InChI=1S/C26H26F2N4O7/c1-13-6-7-26(9-20(37-3)30-39-26)19-12-31(13)25(36)21-23(38-14(2)33)22(34)17(11-32(19)21)24(35)29-10-15-4-5-16(27)8-18(15)28/h4-5,8,11,13,19H,6-7,9-10,12H2,1-3H3,(H,29,35)/t13-,19+,26-/m0/s1. The lowest BCUT2D eigenvalue weighted by Gasteiger charge is -2.41. The van der Waals surface area contributed by atoms with E-state index in [9.17, 15) is 28.0 Å². The van der Waals surface area contributed by atoms with Crippen LogP contribution in [-0.2, 0) is 20.9 Å².